The minimum Gasteiger partial charge on any atom is -0.394 e. The summed E-state index contributed by atoms with van der Waals surface area (Å²) in [6, 6.07) is 10.00. The first-order chi connectivity index (χ1) is 7.37. The molecule has 1 unspecified atom stereocenters. The SMILES string of the molecule is CC(C#C[Si](C)(C)C)(CO)c1ccccc1. The molecule has 0 fully saturated rings. The molecule has 0 aliphatic carbocycles. The summed E-state index contributed by atoms with van der Waals surface area (Å²) in [7, 11) is -1.39. The van der Waals surface area contributed by atoms with Crippen LogP contribution in [-0.4, -0.2) is 19.8 Å². The lowest BCUT2D eigenvalue weighted by Gasteiger charge is -2.22. The van der Waals surface area contributed by atoms with E-state index in [1.54, 1.807) is 0 Å². The first-order valence-electron chi connectivity index (χ1n) is 5.58. The van der Waals surface area contributed by atoms with Gasteiger partial charge in [-0.3, -0.25) is 0 Å². The molecule has 0 amide bonds. The second kappa shape index (κ2) is 4.86. The molecule has 1 atom stereocenters. The maximum atomic E-state index is 9.55. The summed E-state index contributed by atoms with van der Waals surface area (Å²) >= 11 is 0. The largest absolute Gasteiger partial charge is 0.394 e. The van der Waals surface area contributed by atoms with Crippen LogP contribution in [0.25, 0.3) is 0 Å². The van der Waals surface area contributed by atoms with Crippen LogP contribution in [0.1, 0.15) is 12.5 Å². The fraction of sp³-hybridized carbons (Fsp3) is 0.429. The molecule has 16 heavy (non-hydrogen) atoms. The number of rotatable bonds is 2. The van der Waals surface area contributed by atoms with Crippen molar-refractivity contribution in [3.8, 4) is 11.5 Å². The normalized spacial score (nSPS) is 14.8. The van der Waals surface area contributed by atoms with Crippen molar-refractivity contribution in [1.82, 2.24) is 0 Å². The van der Waals surface area contributed by atoms with Crippen molar-refractivity contribution in [2.75, 3.05) is 6.61 Å². The third-order valence-electron chi connectivity index (χ3n) is 2.44. The molecule has 1 aromatic rings. The minimum absolute atomic E-state index is 0.0640. The molecule has 1 aromatic carbocycles. The molecular formula is C14H20OSi. The van der Waals surface area contributed by atoms with Gasteiger partial charge in [0.25, 0.3) is 0 Å². The van der Waals surface area contributed by atoms with Crippen LogP contribution < -0.4 is 0 Å². The Labute approximate surface area is 99.5 Å². The average molecular weight is 232 g/mol. The van der Waals surface area contributed by atoms with E-state index in [9.17, 15) is 5.11 Å². The second-order valence-corrected chi connectivity index (χ2v) is 10.1. The Morgan fingerprint density at radius 2 is 1.75 bits per heavy atom. The quantitative estimate of drug-likeness (QED) is 0.614. The first kappa shape index (κ1) is 13.0. The average Bonchev–Trinajstić information content (AvgIpc) is 2.26. The van der Waals surface area contributed by atoms with Crippen LogP contribution in [0.5, 0.6) is 0 Å². The molecule has 1 nitrogen and oxygen atoms in total. The summed E-state index contributed by atoms with van der Waals surface area (Å²) in [4.78, 5) is 0. The van der Waals surface area contributed by atoms with Gasteiger partial charge in [-0.15, -0.1) is 5.54 Å². The number of aliphatic hydroxyl groups excluding tert-OH is 1. The van der Waals surface area contributed by atoms with Crippen LogP contribution in [-0.2, 0) is 5.41 Å². The fourth-order valence-electron chi connectivity index (χ4n) is 1.33. The Hall–Kier alpha value is -1.04. The van der Waals surface area contributed by atoms with E-state index in [1.807, 2.05) is 37.3 Å². The topological polar surface area (TPSA) is 20.2 Å². The smallest absolute Gasteiger partial charge is 0.129 e. The van der Waals surface area contributed by atoms with E-state index in [1.165, 1.54) is 0 Å². The van der Waals surface area contributed by atoms with Crippen LogP contribution in [0.3, 0.4) is 0 Å². The van der Waals surface area contributed by atoms with Gasteiger partial charge in [0.05, 0.1) is 12.0 Å². The molecule has 1 rings (SSSR count). The van der Waals surface area contributed by atoms with E-state index < -0.39 is 13.5 Å². The van der Waals surface area contributed by atoms with Crippen LogP contribution in [0, 0.1) is 11.5 Å². The van der Waals surface area contributed by atoms with Crippen molar-refractivity contribution >= 4 is 8.07 Å². The number of hydrogen-bond acceptors (Lipinski definition) is 1. The second-order valence-electron chi connectivity index (χ2n) is 5.36. The van der Waals surface area contributed by atoms with Crippen LogP contribution in [0.2, 0.25) is 19.6 Å². The van der Waals surface area contributed by atoms with Crippen molar-refractivity contribution in [1.29, 1.82) is 0 Å². The molecular weight excluding hydrogens is 212 g/mol. The van der Waals surface area contributed by atoms with Gasteiger partial charge in [0, 0.05) is 0 Å². The zero-order valence-corrected chi connectivity index (χ0v) is 11.5. The van der Waals surface area contributed by atoms with E-state index in [2.05, 4.69) is 31.1 Å². The van der Waals surface area contributed by atoms with Crippen molar-refractivity contribution in [3.05, 3.63) is 35.9 Å². The lowest BCUT2D eigenvalue weighted by molar-refractivity contribution is 0.241. The van der Waals surface area contributed by atoms with Crippen molar-refractivity contribution in [2.45, 2.75) is 32.0 Å². The summed E-state index contributed by atoms with van der Waals surface area (Å²) in [5.41, 5.74) is 4.00. The highest BCUT2D eigenvalue weighted by Gasteiger charge is 2.23. The molecule has 0 aliphatic heterocycles. The van der Waals surface area contributed by atoms with Crippen molar-refractivity contribution in [3.63, 3.8) is 0 Å². The van der Waals surface area contributed by atoms with Gasteiger partial charge in [0.2, 0.25) is 0 Å². The number of benzene rings is 1. The van der Waals surface area contributed by atoms with Crippen molar-refractivity contribution in [2.24, 2.45) is 0 Å². The summed E-state index contributed by atoms with van der Waals surface area (Å²) in [6.07, 6.45) is 0. The Balaban J connectivity index is 3.08. The Bertz CT molecular complexity index is 394. The Kier molecular flexibility index (Phi) is 3.96. The van der Waals surface area contributed by atoms with E-state index in [0.29, 0.717) is 0 Å². The van der Waals surface area contributed by atoms with Gasteiger partial charge in [-0.25, -0.2) is 0 Å². The van der Waals surface area contributed by atoms with E-state index in [-0.39, 0.29) is 6.61 Å². The molecule has 0 heterocycles. The summed E-state index contributed by atoms with van der Waals surface area (Å²) in [5, 5.41) is 9.55. The zero-order chi connectivity index (χ0) is 12.2. The Morgan fingerprint density at radius 3 is 2.19 bits per heavy atom. The van der Waals surface area contributed by atoms with Gasteiger partial charge in [-0.05, 0) is 12.5 Å². The van der Waals surface area contributed by atoms with Crippen LogP contribution in [0.15, 0.2) is 30.3 Å². The maximum absolute atomic E-state index is 9.55. The third kappa shape index (κ3) is 3.51. The van der Waals surface area contributed by atoms with Gasteiger partial charge in [0.15, 0.2) is 0 Å². The van der Waals surface area contributed by atoms with Crippen LogP contribution >= 0.6 is 0 Å². The molecule has 2 heteroatoms. The highest BCUT2D eigenvalue weighted by molar-refractivity contribution is 6.83. The predicted molar refractivity (Wildman–Crippen MR) is 72.0 cm³/mol. The van der Waals surface area contributed by atoms with Gasteiger partial charge < -0.3 is 5.11 Å². The van der Waals surface area contributed by atoms with Crippen LogP contribution in [0.4, 0.5) is 0 Å². The van der Waals surface area contributed by atoms with Gasteiger partial charge >= 0.3 is 0 Å². The lowest BCUT2D eigenvalue weighted by atomic mass is 9.84. The highest BCUT2D eigenvalue weighted by Crippen LogP contribution is 2.22. The summed E-state index contributed by atoms with van der Waals surface area (Å²) < 4.78 is 0. The van der Waals surface area contributed by atoms with Gasteiger partial charge in [-0.2, -0.15) is 0 Å². The predicted octanol–water partition coefficient (Wildman–Crippen LogP) is 2.82. The number of hydrogen-bond donors (Lipinski definition) is 1. The highest BCUT2D eigenvalue weighted by atomic mass is 28.3. The molecule has 0 saturated heterocycles. The molecule has 1 N–H and O–H groups in total. The third-order valence-corrected chi connectivity index (χ3v) is 3.32. The van der Waals surface area contributed by atoms with E-state index >= 15 is 0 Å². The standard InChI is InChI=1S/C14H20OSi/c1-14(12-15,10-11-16(2,3)4)13-8-6-5-7-9-13/h5-9,15H,12H2,1-4H3. The molecule has 0 saturated carbocycles. The van der Waals surface area contributed by atoms with E-state index in [0.717, 1.165) is 5.56 Å². The van der Waals surface area contributed by atoms with Gasteiger partial charge in [-0.1, -0.05) is 55.9 Å². The van der Waals surface area contributed by atoms with Gasteiger partial charge in [0.1, 0.15) is 8.07 Å². The maximum Gasteiger partial charge on any atom is 0.129 e. The molecule has 0 aromatic heterocycles. The minimum atomic E-state index is -1.39. The summed E-state index contributed by atoms with van der Waals surface area (Å²) in [6.45, 7) is 8.69. The summed E-state index contributed by atoms with van der Waals surface area (Å²) in [5.74, 6) is 3.26. The number of aliphatic hydroxyl groups is 1. The molecule has 0 radical (unpaired) electrons. The molecule has 86 valence electrons. The van der Waals surface area contributed by atoms with E-state index in [4.69, 9.17) is 0 Å². The Morgan fingerprint density at radius 1 is 1.19 bits per heavy atom. The van der Waals surface area contributed by atoms with Crippen molar-refractivity contribution < 1.29 is 5.11 Å². The first-order valence-corrected chi connectivity index (χ1v) is 9.08. The monoisotopic (exact) mass is 232 g/mol. The lowest BCUT2D eigenvalue weighted by Crippen LogP contribution is -2.26. The molecule has 0 aliphatic rings. The molecule has 0 bridgehead atoms. The zero-order valence-electron chi connectivity index (χ0n) is 10.5. The fourth-order valence-corrected chi connectivity index (χ4v) is 1.99. The molecule has 0 spiro atoms.